The Morgan fingerprint density at radius 3 is 2.46 bits per heavy atom. The molecule has 1 N–H and O–H groups in total. The van der Waals surface area contributed by atoms with E-state index in [9.17, 15) is 19.2 Å². The number of imide groups is 1. The molecular formula is C20H31N3O5. The molecule has 156 valence electrons. The Morgan fingerprint density at radius 2 is 1.82 bits per heavy atom. The summed E-state index contributed by atoms with van der Waals surface area (Å²) >= 11 is 0. The minimum absolute atomic E-state index is 0.0299. The highest BCUT2D eigenvalue weighted by atomic mass is 16.5. The molecule has 1 spiro atoms. The molecule has 0 aromatic carbocycles. The lowest BCUT2D eigenvalue weighted by atomic mass is 9.73. The van der Waals surface area contributed by atoms with Gasteiger partial charge in [-0.05, 0) is 38.5 Å². The first-order chi connectivity index (χ1) is 13.3. The molecular weight excluding hydrogens is 362 g/mol. The van der Waals surface area contributed by atoms with Gasteiger partial charge in [-0.25, -0.2) is 4.79 Å². The van der Waals surface area contributed by atoms with E-state index in [1.807, 2.05) is 6.92 Å². The number of likely N-dealkylation sites (tertiary alicyclic amines) is 1. The summed E-state index contributed by atoms with van der Waals surface area (Å²) in [5.41, 5.74) is -0.900. The number of amides is 4. The number of carbonyl (C=O) groups is 4. The monoisotopic (exact) mass is 393 g/mol. The van der Waals surface area contributed by atoms with E-state index in [1.54, 1.807) is 11.8 Å². The van der Waals surface area contributed by atoms with Crippen molar-refractivity contribution in [2.45, 2.75) is 76.9 Å². The average Bonchev–Trinajstić information content (AvgIpc) is 2.87. The van der Waals surface area contributed by atoms with Crippen LogP contribution in [0.5, 0.6) is 0 Å². The van der Waals surface area contributed by atoms with Crippen molar-refractivity contribution in [3.05, 3.63) is 0 Å². The van der Waals surface area contributed by atoms with Crippen LogP contribution in [0.1, 0.15) is 65.2 Å². The Labute approximate surface area is 165 Å². The van der Waals surface area contributed by atoms with Gasteiger partial charge in [0.2, 0.25) is 0 Å². The minimum Gasteiger partial charge on any atom is -0.451 e. The largest absolute Gasteiger partial charge is 0.451 e. The lowest BCUT2D eigenvalue weighted by Gasteiger charge is -2.36. The molecule has 3 rings (SSSR count). The Hall–Kier alpha value is -2.12. The molecule has 2 heterocycles. The number of urea groups is 1. The summed E-state index contributed by atoms with van der Waals surface area (Å²) in [5.74, 6) is -1.28. The summed E-state index contributed by atoms with van der Waals surface area (Å²) in [6.45, 7) is 4.39. The maximum atomic E-state index is 12.9. The molecule has 2 saturated heterocycles. The van der Waals surface area contributed by atoms with E-state index in [-0.39, 0.29) is 17.7 Å². The molecule has 3 aliphatic rings. The van der Waals surface area contributed by atoms with Crippen LogP contribution >= 0.6 is 0 Å². The smallest absolute Gasteiger partial charge is 0.327 e. The summed E-state index contributed by atoms with van der Waals surface area (Å²) in [6, 6.07) is -0.554. The molecule has 8 heteroatoms. The lowest BCUT2D eigenvalue weighted by molar-refractivity contribution is -0.160. The number of ether oxygens (including phenoxy) is 1. The zero-order chi connectivity index (χ0) is 20.3. The van der Waals surface area contributed by atoms with Crippen LogP contribution in [0.3, 0.4) is 0 Å². The number of nitrogens with zero attached hydrogens (tertiary/aromatic N) is 2. The van der Waals surface area contributed by atoms with Crippen LogP contribution < -0.4 is 5.32 Å². The van der Waals surface area contributed by atoms with Crippen LogP contribution in [0.25, 0.3) is 0 Å². The van der Waals surface area contributed by atoms with Gasteiger partial charge in [-0.15, -0.1) is 0 Å². The second-order valence-electron chi connectivity index (χ2n) is 8.31. The Bertz CT molecular complexity index is 644. The topological polar surface area (TPSA) is 96.0 Å². The zero-order valence-electron chi connectivity index (χ0n) is 16.9. The van der Waals surface area contributed by atoms with Crippen LogP contribution in [0.4, 0.5) is 4.79 Å². The van der Waals surface area contributed by atoms with Gasteiger partial charge in [0, 0.05) is 13.1 Å². The van der Waals surface area contributed by atoms with Gasteiger partial charge in [0.1, 0.15) is 12.1 Å². The van der Waals surface area contributed by atoms with E-state index in [0.29, 0.717) is 19.5 Å². The standard InChI is InChI=1S/C20H31N3O5/c1-14-9-5-6-10-20(14)18(26)23(19(27)21-20)13-16(24)28-15(2)17(25)22-11-7-3-4-8-12-22/h14-15H,3-13H2,1-2H3,(H,21,27)/t14-,15+,20-/m1/s1. The van der Waals surface area contributed by atoms with Crippen molar-refractivity contribution < 1.29 is 23.9 Å². The molecule has 1 saturated carbocycles. The first kappa shape index (κ1) is 20.6. The summed E-state index contributed by atoms with van der Waals surface area (Å²) in [4.78, 5) is 52.8. The summed E-state index contributed by atoms with van der Waals surface area (Å²) in [7, 11) is 0. The second-order valence-corrected chi connectivity index (χ2v) is 8.31. The molecule has 1 aliphatic carbocycles. The summed E-state index contributed by atoms with van der Waals surface area (Å²) < 4.78 is 5.26. The normalized spacial score (nSPS) is 29.4. The van der Waals surface area contributed by atoms with Crippen molar-refractivity contribution in [2.75, 3.05) is 19.6 Å². The van der Waals surface area contributed by atoms with Crippen molar-refractivity contribution in [3.63, 3.8) is 0 Å². The number of esters is 1. The Balaban J connectivity index is 1.57. The van der Waals surface area contributed by atoms with Crippen LogP contribution in [-0.4, -0.2) is 64.9 Å². The first-order valence-electron chi connectivity index (χ1n) is 10.5. The Kier molecular flexibility index (Phi) is 6.25. The quantitative estimate of drug-likeness (QED) is 0.581. The van der Waals surface area contributed by atoms with Gasteiger partial charge in [-0.3, -0.25) is 19.3 Å². The number of nitrogens with one attached hydrogen (secondary N) is 1. The zero-order valence-corrected chi connectivity index (χ0v) is 16.9. The summed E-state index contributed by atoms with van der Waals surface area (Å²) in [6.07, 6.45) is 6.55. The number of hydrogen-bond acceptors (Lipinski definition) is 5. The molecule has 0 unspecified atom stereocenters. The van der Waals surface area contributed by atoms with Gasteiger partial charge in [-0.2, -0.15) is 0 Å². The van der Waals surface area contributed by atoms with Gasteiger partial charge in [0.05, 0.1) is 0 Å². The van der Waals surface area contributed by atoms with Gasteiger partial charge < -0.3 is 15.0 Å². The highest BCUT2D eigenvalue weighted by Crippen LogP contribution is 2.38. The number of hydrogen-bond donors (Lipinski definition) is 1. The van der Waals surface area contributed by atoms with Gasteiger partial charge in [0.25, 0.3) is 11.8 Å². The SMILES string of the molecule is C[C@H](OC(=O)CN1C(=O)N[C@@]2(CCCC[C@H]2C)C1=O)C(=O)N1CCCCCC1. The van der Waals surface area contributed by atoms with E-state index in [0.717, 1.165) is 49.8 Å². The fourth-order valence-electron chi connectivity index (χ4n) is 4.60. The molecule has 3 fully saturated rings. The van der Waals surface area contributed by atoms with Gasteiger partial charge in [-0.1, -0.05) is 32.6 Å². The highest BCUT2D eigenvalue weighted by Gasteiger charge is 2.55. The third kappa shape index (κ3) is 4.00. The summed E-state index contributed by atoms with van der Waals surface area (Å²) in [5, 5.41) is 2.81. The maximum absolute atomic E-state index is 12.9. The molecule has 8 nitrogen and oxygen atoms in total. The average molecular weight is 393 g/mol. The molecule has 28 heavy (non-hydrogen) atoms. The number of rotatable bonds is 4. The van der Waals surface area contributed by atoms with E-state index in [1.165, 1.54) is 0 Å². The molecule has 2 aliphatic heterocycles. The molecule has 0 radical (unpaired) electrons. The highest BCUT2D eigenvalue weighted by molar-refractivity contribution is 6.09. The van der Waals surface area contributed by atoms with Crippen molar-refractivity contribution in [3.8, 4) is 0 Å². The molecule has 3 atom stereocenters. The first-order valence-corrected chi connectivity index (χ1v) is 10.5. The van der Waals surface area contributed by atoms with Crippen LogP contribution in [0, 0.1) is 5.92 Å². The lowest BCUT2D eigenvalue weighted by Crippen LogP contribution is -2.54. The molecule has 0 bridgehead atoms. The van der Waals surface area contributed by atoms with Crippen molar-refractivity contribution in [1.82, 2.24) is 15.1 Å². The molecule has 4 amide bonds. The van der Waals surface area contributed by atoms with E-state index >= 15 is 0 Å². The molecule has 0 aromatic heterocycles. The number of carbonyl (C=O) groups excluding carboxylic acids is 4. The van der Waals surface area contributed by atoms with Gasteiger partial charge >= 0.3 is 12.0 Å². The third-order valence-corrected chi connectivity index (χ3v) is 6.36. The minimum atomic E-state index is -0.922. The van der Waals surface area contributed by atoms with Crippen molar-refractivity contribution in [2.24, 2.45) is 5.92 Å². The van der Waals surface area contributed by atoms with Gasteiger partial charge in [0.15, 0.2) is 6.10 Å². The third-order valence-electron chi connectivity index (χ3n) is 6.36. The van der Waals surface area contributed by atoms with E-state index in [2.05, 4.69) is 5.32 Å². The maximum Gasteiger partial charge on any atom is 0.327 e. The Morgan fingerprint density at radius 1 is 1.14 bits per heavy atom. The second kappa shape index (κ2) is 8.49. The van der Waals surface area contributed by atoms with Crippen LogP contribution in [0.2, 0.25) is 0 Å². The van der Waals surface area contributed by atoms with Crippen molar-refractivity contribution in [1.29, 1.82) is 0 Å². The van der Waals surface area contributed by atoms with E-state index in [4.69, 9.17) is 4.74 Å². The van der Waals surface area contributed by atoms with Crippen LogP contribution in [-0.2, 0) is 19.1 Å². The van der Waals surface area contributed by atoms with Crippen LogP contribution in [0.15, 0.2) is 0 Å². The predicted octanol–water partition coefficient (Wildman–Crippen LogP) is 1.82. The molecule has 0 aromatic rings. The predicted molar refractivity (Wildman–Crippen MR) is 101 cm³/mol. The van der Waals surface area contributed by atoms with E-state index < -0.39 is 30.2 Å². The fourth-order valence-corrected chi connectivity index (χ4v) is 4.60. The fraction of sp³-hybridized carbons (Fsp3) is 0.800. The van der Waals surface area contributed by atoms with Crippen molar-refractivity contribution >= 4 is 23.8 Å².